The van der Waals surface area contributed by atoms with Crippen LogP contribution in [0, 0.1) is 10.9 Å². The van der Waals surface area contributed by atoms with Crippen LogP contribution in [0.3, 0.4) is 0 Å². The first-order valence-corrected chi connectivity index (χ1v) is 6.58. The summed E-state index contributed by atoms with van der Waals surface area (Å²) in [6.45, 7) is 5.67. The summed E-state index contributed by atoms with van der Waals surface area (Å²) in [6.07, 6.45) is 0. The number of hydrogen-bond acceptors (Lipinski definition) is 3. The Kier molecular flexibility index (Phi) is 3.48. The van der Waals surface area contributed by atoms with Gasteiger partial charge in [0.15, 0.2) is 5.51 Å². The Balaban J connectivity index is 2.12. The van der Waals surface area contributed by atoms with E-state index in [9.17, 15) is 4.79 Å². The molecule has 1 heterocycles. The molecule has 4 heteroatoms. The Morgan fingerprint density at radius 3 is 2.44 bits per heavy atom. The molecule has 93 valence electrons. The Morgan fingerprint density at radius 1 is 1.28 bits per heavy atom. The van der Waals surface area contributed by atoms with Crippen molar-refractivity contribution in [1.29, 1.82) is 0 Å². The molecule has 1 aromatic carbocycles. The molecule has 0 aliphatic heterocycles. The highest BCUT2D eigenvalue weighted by Gasteiger charge is 2.20. The van der Waals surface area contributed by atoms with Crippen LogP contribution in [0.2, 0.25) is 0 Å². The molecule has 0 fully saturated rings. The van der Waals surface area contributed by atoms with Crippen molar-refractivity contribution in [2.45, 2.75) is 20.8 Å². The maximum absolute atomic E-state index is 11.8. The third kappa shape index (κ3) is 2.96. The number of amides is 1. The lowest BCUT2D eigenvalue weighted by atomic mass is 9.95. The van der Waals surface area contributed by atoms with E-state index in [1.54, 1.807) is 0 Å². The maximum atomic E-state index is 11.8. The second-order valence-electron chi connectivity index (χ2n) is 5.11. The van der Waals surface area contributed by atoms with Crippen LogP contribution in [0.1, 0.15) is 20.8 Å². The van der Waals surface area contributed by atoms with Gasteiger partial charge in [-0.3, -0.25) is 4.79 Å². The van der Waals surface area contributed by atoms with Gasteiger partial charge in [0.1, 0.15) is 0 Å². The molecule has 0 spiro atoms. The number of benzene rings is 1. The number of carbonyl (C=O) groups is 1. The fourth-order valence-corrected chi connectivity index (χ4v) is 1.86. The number of anilines is 1. The second-order valence-corrected chi connectivity index (χ2v) is 5.76. The van der Waals surface area contributed by atoms with Crippen LogP contribution in [0.5, 0.6) is 0 Å². The summed E-state index contributed by atoms with van der Waals surface area (Å²) in [5.41, 5.74) is 5.17. The molecule has 0 saturated heterocycles. The Bertz CT molecular complexity index is 524. The van der Waals surface area contributed by atoms with E-state index in [2.05, 4.69) is 15.8 Å². The molecule has 2 rings (SSSR count). The Labute approximate surface area is 111 Å². The highest BCUT2D eigenvalue weighted by molar-refractivity contribution is 7.07. The van der Waals surface area contributed by atoms with Gasteiger partial charge in [-0.25, -0.2) is 4.98 Å². The van der Waals surface area contributed by atoms with Crippen molar-refractivity contribution in [3.8, 4) is 11.3 Å². The minimum atomic E-state index is -0.386. The average Bonchev–Trinajstić information content (AvgIpc) is 2.82. The number of nitrogens with one attached hydrogen (secondary N) is 1. The lowest BCUT2D eigenvalue weighted by Gasteiger charge is -2.17. The summed E-state index contributed by atoms with van der Waals surface area (Å²) in [4.78, 5) is 15.9. The molecule has 1 N–H and O–H groups in total. The SMILES string of the molecule is CC(C)(C)C(=O)Nc1ccc(-c2cs[c]n2)cc1. The highest BCUT2D eigenvalue weighted by Crippen LogP contribution is 2.22. The molecular formula is C14H15N2OS. The van der Waals surface area contributed by atoms with E-state index in [-0.39, 0.29) is 11.3 Å². The first-order chi connectivity index (χ1) is 8.47. The topological polar surface area (TPSA) is 42.0 Å². The van der Waals surface area contributed by atoms with Crippen LogP contribution in [-0.2, 0) is 4.79 Å². The van der Waals surface area contributed by atoms with Gasteiger partial charge >= 0.3 is 0 Å². The van der Waals surface area contributed by atoms with Crippen LogP contribution in [0.15, 0.2) is 29.6 Å². The number of rotatable bonds is 2. The van der Waals surface area contributed by atoms with Gasteiger partial charge < -0.3 is 5.32 Å². The van der Waals surface area contributed by atoms with E-state index < -0.39 is 0 Å². The first-order valence-electron chi connectivity index (χ1n) is 5.70. The predicted octanol–water partition coefficient (Wildman–Crippen LogP) is 3.59. The Hall–Kier alpha value is -1.68. The van der Waals surface area contributed by atoms with Crippen LogP contribution < -0.4 is 5.32 Å². The van der Waals surface area contributed by atoms with Gasteiger partial charge in [0, 0.05) is 22.0 Å². The fraction of sp³-hybridized carbons (Fsp3) is 0.286. The quantitative estimate of drug-likeness (QED) is 0.895. The summed E-state index contributed by atoms with van der Waals surface area (Å²) in [7, 11) is 0. The van der Waals surface area contributed by atoms with Gasteiger partial charge in [0.25, 0.3) is 0 Å². The minimum absolute atomic E-state index is 0.0113. The molecule has 3 nitrogen and oxygen atoms in total. The van der Waals surface area contributed by atoms with E-state index in [0.717, 1.165) is 16.9 Å². The summed E-state index contributed by atoms with van der Waals surface area (Å²) >= 11 is 1.45. The smallest absolute Gasteiger partial charge is 0.229 e. The average molecular weight is 259 g/mol. The van der Waals surface area contributed by atoms with Crippen molar-refractivity contribution in [3.63, 3.8) is 0 Å². The molecule has 1 aromatic heterocycles. The van der Waals surface area contributed by atoms with Crippen molar-refractivity contribution < 1.29 is 4.79 Å². The lowest BCUT2D eigenvalue weighted by Crippen LogP contribution is -2.27. The zero-order chi connectivity index (χ0) is 13.2. The lowest BCUT2D eigenvalue weighted by molar-refractivity contribution is -0.123. The van der Waals surface area contributed by atoms with Crippen LogP contribution >= 0.6 is 11.3 Å². The van der Waals surface area contributed by atoms with Crippen molar-refractivity contribution in [2.75, 3.05) is 5.32 Å². The van der Waals surface area contributed by atoms with Crippen molar-refractivity contribution in [1.82, 2.24) is 4.98 Å². The van der Waals surface area contributed by atoms with Crippen molar-refractivity contribution in [2.24, 2.45) is 5.41 Å². The number of carbonyl (C=O) groups excluding carboxylic acids is 1. The van der Waals surface area contributed by atoms with E-state index in [1.165, 1.54) is 11.3 Å². The highest BCUT2D eigenvalue weighted by atomic mass is 32.1. The molecule has 0 saturated carbocycles. The third-order valence-electron chi connectivity index (χ3n) is 2.51. The molecule has 0 aliphatic carbocycles. The van der Waals surface area contributed by atoms with Crippen LogP contribution in [0.25, 0.3) is 11.3 Å². The molecule has 2 aromatic rings. The summed E-state index contributed by atoms with van der Waals surface area (Å²) in [5, 5.41) is 4.84. The normalized spacial score (nSPS) is 11.3. The Morgan fingerprint density at radius 2 is 1.94 bits per heavy atom. The number of hydrogen-bond donors (Lipinski definition) is 1. The number of nitrogens with zero attached hydrogens (tertiary/aromatic N) is 1. The second kappa shape index (κ2) is 4.90. The summed E-state index contributed by atoms with van der Waals surface area (Å²) in [5.74, 6) is 0.0113. The maximum Gasteiger partial charge on any atom is 0.229 e. The van der Waals surface area contributed by atoms with Crippen LogP contribution in [0.4, 0.5) is 5.69 Å². The molecule has 1 amide bonds. The van der Waals surface area contributed by atoms with Gasteiger partial charge in [-0.05, 0) is 12.1 Å². The van der Waals surface area contributed by atoms with E-state index in [0.29, 0.717) is 0 Å². The fourth-order valence-electron chi connectivity index (χ4n) is 1.36. The van der Waals surface area contributed by atoms with E-state index >= 15 is 0 Å². The zero-order valence-corrected chi connectivity index (χ0v) is 11.5. The minimum Gasteiger partial charge on any atom is -0.326 e. The zero-order valence-electron chi connectivity index (χ0n) is 10.7. The number of thiazole rings is 1. The van der Waals surface area contributed by atoms with E-state index in [1.807, 2.05) is 50.4 Å². The molecule has 0 unspecified atom stereocenters. The molecule has 0 bridgehead atoms. The predicted molar refractivity (Wildman–Crippen MR) is 74.5 cm³/mol. The molecule has 0 atom stereocenters. The van der Waals surface area contributed by atoms with Gasteiger partial charge in [-0.2, -0.15) is 0 Å². The molecule has 18 heavy (non-hydrogen) atoms. The van der Waals surface area contributed by atoms with Gasteiger partial charge in [-0.15, -0.1) is 11.3 Å². The van der Waals surface area contributed by atoms with Gasteiger partial charge in [0.2, 0.25) is 5.91 Å². The molecule has 1 radical (unpaired) electrons. The van der Waals surface area contributed by atoms with Crippen molar-refractivity contribution >= 4 is 22.9 Å². The van der Waals surface area contributed by atoms with Gasteiger partial charge in [-0.1, -0.05) is 32.9 Å². The van der Waals surface area contributed by atoms with Gasteiger partial charge in [0.05, 0.1) is 5.69 Å². The molecular weight excluding hydrogens is 244 g/mol. The largest absolute Gasteiger partial charge is 0.326 e. The monoisotopic (exact) mass is 259 g/mol. The summed E-state index contributed by atoms with van der Waals surface area (Å²) in [6, 6.07) is 7.67. The standard InChI is InChI=1S/C14H15N2OS/c1-14(2,3)13(17)16-11-6-4-10(5-7-11)12-8-18-9-15-12/h4-8H,1-3H3,(H,16,17). The summed E-state index contributed by atoms with van der Waals surface area (Å²) < 4.78 is 0. The van der Waals surface area contributed by atoms with Crippen molar-refractivity contribution in [3.05, 3.63) is 35.2 Å². The number of aromatic nitrogens is 1. The molecule has 0 aliphatic rings. The van der Waals surface area contributed by atoms with E-state index in [4.69, 9.17) is 0 Å². The van der Waals surface area contributed by atoms with Crippen LogP contribution in [-0.4, -0.2) is 10.9 Å². The third-order valence-corrected chi connectivity index (χ3v) is 3.05. The first kappa shape index (κ1) is 12.8.